The van der Waals surface area contributed by atoms with Gasteiger partial charge in [0.1, 0.15) is 0 Å². The van der Waals surface area contributed by atoms with E-state index in [4.69, 9.17) is 0 Å². The normalized spacial score (nSPS) is 13.8. The third kappa shape index (κ3) is 2.85. The van der Waals surface area contributed by atoms with Gasteiger partial charge in [-0.1, -0.05) is 52.0 Å². The van der Waals surface area contributed by atoms with Gasteiger partial charge < -0.3 is 5.32 Å². The van der Waals surface area contributed by atoms with Gasteiger partial charge in [-0.2, -0.15) is 0 Å². The lowest BCUT2D eigenvalue weighted by Gasteiger charge is -2.33. The number of hydrogen-bond donors (Lipinski definition) is 1. The molecule has 1 aromatic carbocycles. The van der Waals surface area contributed by atoms with E-state index in [0.29, 0.717) is 11.5 Å². The Balaban J connectivity index is 2.95. The smallest absolute Gasteiger partial charge is 0.0369 e. The van der Waals surface area contributed by atoms with E-state index >= 15 is 0 Å². The molecule has 90 valence electrons. The fraction of sp³-hybridized carbons (Fsp3) is 0.600. The molecule has 0 bridgehead atoms. The molecule has 1 atom stereocenters. The van der Waals surface area contributed by atoms with Crippen LogP contribution >= 0.6 is 0 Å². The van der Waals surface area contributed by atoms with Gasteiger partial charge in [0.2, 0.25) is 0 Å². The van der Waals surface area contributed by atoms with Crippen molar-refractivity contribution in [2.24, 2.45) is 5.41 Å². The van der Waals surface area contributed by atoms with Gasteiger partial charge in [0.05, 0.1) is 0 Å². The van der Waals surface area contributed by atoms with Gasteiger partial charge >= 0.3 is 0 Å². The minimum absolute atomic E-state index is 0.294. The molecule has 1 heteroatoms. The molecule has 16 heavy (non-hydrogen) atoms. The molecule has 0 aliphatic heterocycles. The van der Waals surface area contributed by atoms with Crippen LogP contribution in [0.4, 0.5) is 0 Å². The summed E-state index contributed by atoms with van der Waals surface area (Å²) in [6, 6.07) is 9.44. The molecule has 1 N–H and O–H groups in total. The number of hydrogen-bond acceptors (Lipinski definition) is 1. The molecule has 1 aromatic rings. The third-order valence-electron chi connectivity index (χ3n) is 3.70. The van der Waals surface area contributed by atoms with Crippen molar-refractivity contribution in [2.75, 3.05) is 7.05 Å². The monoisotopic (exact) mass is 219 g/mol. The highest BCUT2D eigenvalue weighted by Gasteiger charge is 2.27. The van der Waals surface area contributed by atoms with E-state index in [0.717, 1.165) is 6.42 Å². The Morgan fingerprint density at radius 2 is 1.69 bits per heavy atom. The summed E-state index contributed by atoms with van der Waals surface area (Å²) in [4.78, 5) is 0. The van der Waals surface area contributed by atoms with Crippen molar-refractivity contribution >= 4 is 0 Å². The van der Waals surface area contributed by atoms with Crippen molar-refractivity contribution in [1.82, 2.24) is 5.32 Å². The maximum absolute atomic E-state index is 3.45. The molecule has 0 aromatic heterocycles. The van der Waals surface area contributed by atoms with E-state index in [1.165, 1.54) is 17.5 Å². The molecule has 1 rings (SSSR count). The molecule has 0 aliphatic carbocycles. The molecular weight excluding hydrogens is 194 g/mol. The first kappa shape index (κ1) is 13.2. The minimum atomic E-state index is 0.294. The van der Waals surface area contributed by atoms with Gasteiger partial charge in [0.25, 0.3) is 0 Å². The van der Waals surface area contributed by atoms with Crippen LogP contribution < -0.4 is 5.32 Å². The maximum atomic E-state index is 3.45. The Kier molecular flexibility index (Phi) is 4.55. The molecule has 0 radical (unpaired) electrons. The molecule has 0 saturated carbocycles. The summed E-state index contributed by atoms with van der Waals surface area (Å²) in [5.74, 6) is 0. The lowest BCUT2D eigenvalue weighted by molar-refractivity contribution is 0.245. The Bertz CT molecular complexity index is 311. The largest absolute Gasteiger partial charge is 0.313 e. The van der Waals surface area contributed by atoms with Crippen LogP contribution in [0.25, 0.3) is 0 Å². The van der Waals surface area contributed by atoms with Gasteiger partial charge in [0, 0.05) is 6.04 Å². The van der Waals surface area contributed by atoms with Gasteiger partial charge in [-0.05, 0) is 36.4 Å². The van der Waals surface area contributed by atoms with Crippen molar-refractivity contribution in [1.29, 1.82) is 0 Å². The zero-order valence-electron chi connectivity index (χ0n) is 11.3. The van der Waals surface area contributed by atoms with E-state index in [2.05, 4.69) is 64.3 Å². The summed E-state index contributed by atoms with van der Waals surface area (Å²) in [7, 11) is 2.05. The van der Waals surface area contributed by atoms with Crippen molar-refractivity contribution in [3.63, 3.8) is 0 Å². The lowest BCUT2D eigenvalue weighted by Crippen LogP contribution is -2.31. The van der Waals surface area contributed by atoms with Gasteiger partial charge in [-0.15, -0.1) is 0 Å². The topological polar surface area (TPSA) is 12.0 Å². The molecule has 1 nitrogen and oxygen atoms in total. The maximum Gasteiger partial charge on any atom is 0.0369 e. The second kappa shape index (κ2) is 5.49. The van der Waals surface area contributed by atoms with Crippen molar-refractivity contribution in [2.45, 2.75) is 46.6 Å². The molecule has 0 spiro atoms. The zero-order chi connectivity index (χ0) is 12.2. The first-order valence-corrected chi connectivity index (χ1v) is 6.31. The summed E-state index contributed by atoms with van der Waals surface area (Å²) in [5, 5.41) is 3.45. The third-order valence-corrected chi connectivity index (χ3v) is 3.70. The average Bonchev–Trinajstić information content (AvgIpc) is 2.30. The van der Waals surface area contributed by atoms with Gasteiger partial charge in [-0.3, -0.25) is 0 Å². The van der Waals surface area contributed by atoms with Gasteiger partial charge in [-0.25, -0.2) is 0 Å². The fourth-order valence-corrected chi connectivity index (χ4v) is 2.16. The molecule has 0 heterocycles. The van der Waals surface area contributed by atoms with Crippen LogP contribution in [0.1, 0.15) is 51.3 Å². The summed E-state index contributed by atoms with van der Waals surface area (Å²) >= 11 is 0. The van der Waals surface area contributed by atoms with E-state index in [1.54, 1.807) is 0 Å². The highest BCUT2D eigenvalue weighted by molar-refractivity contribution is 5.26. The summed E-state index contributed by atoms with van der Waals surface area (Å²) < 4.78 is 0. The van der Waals surface area contributed by atoms with Crippen LogP contribution in [-0.2, 0) is 6.42 Å². The van der Waals surface area contributed by atoms with E-state index in [9.17, 15) is 0 Å². The summed E-state index contributed by atoms with van der Waals surface area (Å²) in [6.45, 7) is 9.09. The molecule has 0 saturated heterocycles. The lowest BCUT2D eigenvalue weighted by atomic mass is 9.78. The SMILES string of the molecule is CCc1ccc(C(NC)C(C)(C)CC)cc1. The van der Waals surface area contributed by atoms with Crippen LogP contribution in [0, 0.1) is 5.41 Å². The van der Waals surface area contributed by atoms with Crippen LogP contribution in [0.15, 0.2) is 24.3 Å². The van der Waals surface area contributed by atoms with Crippen LogP contribution in [0.3, 0.4) is 0 Å². The highest BCUT2D eigenvalue weighted by Crippen LogP contribution is 2.35. The van der Waals surface area contributed by atoms with Crippen LogP contribution in [0.5, 0.6) is 0 Å². The molecule has 1 unspecified atom stereocenters. The number of rotatable bonds is 5. The highest BCUT2D eigenvalue weighted by atomic mass is 14.9. The number of benzene rings is 1. The predicted molar refractivity (Wildman–Crippen MR) is 71.7 cm³/mol. The Morgan fingerprint density at radius 3 is 2.06 bits per heavy atom. The van der Waals surface area contributed by atoms with E-state index in [1.807, 2.05) is 0 Å². The predicted octanol–water partition coefficient (Wildman–Crippen LogP) is 3.95. The molecular formula is C15H25N. The first-order valence-electron chi connectivity index (χ1n) is 6.31. The molecule has 0 amide bonds. The zero-order valence-corrected chi connectivity index (χ0v) is 11.3. The van der Waals surface area contributed by atoms with Crippen molar-refractivity contribution in [3.8, 4) is 0 Å². The van der Waals surface area contributed by atoms with E-state index < -0.39 is 0 Å². The quantitative estimate of drug-likeness (QED) is 0.791. The Labute approximate surface area is 100 Å². The Morgan fingerprint density at radius 1 is 1.12 bits per heavy atom. The van der Waals surface area contributed by atoms with Crippen LogP contribution in [-0.4, -0.2) is 7.05 Å². The molecule has 0 aliphatic rings. The second-order valence-electron chi connectivity index (χ2n) is 5.16. The molecule has 0 fully saturated rings. The minimum Gasteiger partial charge on any atom is -0.313 e. The first-order chi connectivity index (χ1) is 7.55. The van der Waals surface area contributed by atoms with Crippen LogP contribution in [0.2, 0.25) is 0 Å². The van der Waals surface area contributed by atoms with Gasteiger partial charge in [0.15, 0.2) is 0 Å². The second-order valence-corrected chi connectivity index (χ2v) is 5.16. The fourth-order valence-electron chi connectivity index (χ4n) is 2.16. The number of aryl methyl sites for hydroxylation is 1. The Hall–Kier alpha value is -0.820. The van der Waals surface area contributed by atoms with E-state index in [-0.39, 0.29) is 0 Å². The average molecular weight is 219 g/mol. The van der Waals surface area contributed by atoms with Crippen molar-refractivity contribution in [3.05, 3.63) is 35.4 Å². The summed E-state index contributed by atoms with van der Waals surface area (Å²) in [6.07, 6.45) is 2.29. The standard InChI is InChI=1S/C15H25N/c1-6-12-8-10-13(11-9-12)14(16-5)15(3,4)7-2/h8-11,14,16H,6-7H2,1-5H3. The summed E-state index contributed by atoms with van der Waals surface area (Å²) in [5.41, 5.74) is 3.10. The van der Waals surface area contributed by atoms with Crippen molar-refractivity contribution < 1.29 is 0 Å². The number of nitrogens with one attached hydrogen (secondary N) is 1.